The third-order valence-corrected chi connectivity index (χ3v) is 37.7. The molecule has 0 saturated heterocycles. The van der Waals surface area contributed by atoms with Gasteiger partial charge in [0.2, 0.25) is 0 Å². The van der Waals surface area contributed by atoms with Crippen molar-refractivity contribution in [1.82, 2.24) is 17.6 Å². The molecule has 5 heteroatoms. The van der Waals surface area contributed by atoms with Crippen molar-refractivity contribution in [3.05, 3.63) is 442 Å². The molecule has 36 rings (SSSR count). The van der Waals surface area contributed by atoms with Crippen LogP contribution < -0.4 is 0 Å². The second-order valence-electron chi connectivity index (χ2n) is 47.0. The Morgan fingerprint density at radius 3 is 0.918 bits per heavy atom. The first-order valence-corrected chi connectivity index (χ1v) is 52.5. The largest absolute Gasteiger partial charge is 0.455 e. The van der Waals surface area contributed by atoms with Crippen molar-refractivity contribution in [2.45, 2.75) is 135 Å². The van der Waals surface area contributed by atoms with Crippen LogP contribution in [0.15, 0.2) is 368 Å². The zero-order chi connectivity index (χ0) is 97.6. The second kappa shape index (κ2) is 26.9. The number of fused-ring (bicyclic) bond motifs is 56. The van der Waals surface area contributed by atoms with Crippen LogP contribution in [0.2, 0.25) is 0 Å². The van der Waals surface area contributed by atoms with E-state index < -0.39 is 0 Å². The first kappa shape index (κ1) is 81.9. The number of rotatable bonds is 0. The molecule has 20 aromatic carbocycles. The Hall–Kier alpha value is -16.6. The Labute approximate surface area is 844 Å². The van der Waals surface area contributed by atoms with Crippen molar-refractivity contribution in [3.8, 4) is 77.9 Å². The summed E-state index contributed by atoms with van der Waals surface area (Å²) in [5.41, 5.74) is 57.4. The summed E-state index contributed by atoms with van der Waals surface area (Å²) in [7, 11) is 0. The molecular formula is C141H102N4O. The van der Waals surface area contributed by atoms with Gasteiger partial charge >= 0.3 is 0 Å². The van der Waals surface area contributed by atoms with Crippen molar-refractivity contribution >= 4 is 174 Å². The van der Waals surface area contributed by atoms with E-state index >= 15 is 0 Å². The number of aromatic nitrogens is 4. The molecule has 29 aromatic rings. The number of benzene rings is 20. The fourth-order valence-corrected chi connectivity index (χ4v) is 31.2. The van der Waals surface area contributed by atoms with Gasteiger partial charge < -0.3 is 22.0 Å². The van der Waals surface area contributed by atoms with E-state index in [4.69, 9.17) is 4.42 Å². The highest BCUT2D eigenvalue weighted by molar-refractivity contribution is 6.36. The smallest absolute Gasteiger partial charge is 0.145 e. The maximum Gasteiger partial charge on any atom is 0.145 e. The molecule has 0 spiro atoms. The summed E-state index contributed by atoms with van der Waals surface area (Å²) in [4.78, 5) is 0. The van der Waals surface area contributed by atoms with Gasteiger partial charge in [0, 0.05) is 129 Å². The number of hydrogen-bond acceptors (Lipinski definition) is 1. The normalized spacial score (nSPS) is 16.1. The predicted octanol–water partition coefficient (Wildman–Crippen LogP) is 37.4. The van der Waals surface area contributed by atoms with Crippen molar-refractivity contribution < 1.29 is 4.42 Å². The first-order valence-electron chi connectivity index (χ1n) is 52.5. The molecule has 0 N–H and O–H groups in total. The van der Waals surface area contributed by atoms with Gasteiger partial charge in [-0.2, -0.15) is 0 Å². The number of furan rings is 1. The minimum Gasteiger partial charge on any atom is -0.455 e. The third-order valence-electron chi connectivity index (χ3n) is 37.7. The van der Waals surface area contributed by atoms with E-state index in [0.29, 0.717) is 0 Å². The van der Waals surface area contributed by atoms with Crippen LogP contribution in [0, 0.1) is 0 Å². The Morgan fingerprint density at radius 1 is 0.158 bits per heavy atom. The van der Waals surface area contributed by atoms with E-state index in [1.165, 1.54) is 319 Å². The van der Waals surface area contributed by atoms with Gasteiger partial charge in [-0.05, 0) is 235 Å². The highest BCUT2D eigenvalue weighted by Crippen LogP contribution is 2.66. The standard InChI is InChI=1S/3C36H27N.C33H21NO/c1-35(2)24-14-8-5-12-21(24)30-26(35)17-18-29-32(30)33-31-22-13-6-9-15-25(22)36(3,4)27(31)19-23-20-11-7-10-16-28(20)37(29)34(23)33;1-35(2)24-14-8-5-11-20(24)30-26(35)17-18-29-32(30)23-19-27-31(21-12-6-9-15-25(21)36(27,3)4)33-22-13-7-10-16-28(22)37(29)34(23)33;1-35(2)26-15-9-6-12-21(26)30-27(35)17-18-29-31(30)24-19-23-20-11-5-8-14-25(20)36(3,4)33(23)32-22-13-7-10-16-28(22)37(29)34(24)32;1-33(2)23-12-5-3-9-20(23)28-24(33)15-17-25-29(28)21-10-7-11-22-30-26(34(25)31(21)22)16-14-19-18-8-4-6-13-27(18)35-32(19)30/h3*5-19H,1-4H3;3-17H,1-2H3. The highest BCUT2D eigenvalue weighted by atomic mass is 16.3. The van der Waals surface area contributed by atoms with Gasteiger partial charge in [-0.3, -0.25) is 0 Å². The maximum atomic E-state index is 6.47. The molecule has 0 unspecified atom stereocenters. The van der Waals surface area contributed by atoms with Crippen molar-refractivity contribution in [2.75, 3.05) is 0 Å². The molecule has 692 valence electrons. The molecule has 0 radical (unpaired) electrons. The Balaban J connectivity index is 0.0000000851. The van der Waals surface area contributed by atoms with Gasteiger partial charge in [0.05, 0.1) is 71.6 Å². The van der Waals surface area contributed by atoms with Gasteiger partial charge in [0.25, 0.3) is 0 Å². The van der Waals surface area contributed by atoms with Crippen LogP contribution in [0.4, 0.5) is 0 Å². The lowest BCUT2D eigenvalue weighted by Gasteiger charge is -2.22. The van der Waals surface area contributed by atoms with E-state index in [1.807, 2.05) is 6.07 Å². The monoisotopic (exact) mass is 1870 g/mol. The van der Waals surface area contributed by atoms with E-state index in [1.54, 1.807) is 0 Å². The molecule has 0 bridgehead atoms. The minimum atomic E-state index is -0.0509. The van der Waals surface area contributed by atoms with E-state index in [9.17, 15) is 0 Å². The summed E-state index contributed by atoms with van der Waals surface area (Å²) in [6.07, 6.45) is 0. The molecule has 7 aliphatic carbocycles. The van der Waals surface area contributed by atoms with Crippen LogP contribution >= 0.6 is 0 Å². The maximum absolute atomic E-state index is 6.47. The lowest BCUT2D eigenvalue weighted by molar-refractivity contribution is 0.660. The summed E-state index contributed by atoms with van der Waals surface area (Å²) >= 11 is 0. The highest BCUT2D eigenvalue weighted by Gasteiger charge is 2.48. The van der Waals surface area contributed by atoms with Gasteiger partial charge in [-0.25, -0.2) is 0 Å². The molecule has 0 saturated carbocycles. The predicted molar refractivity (Wildman–Crippen MR) is 615 cm³/mol. The van der Waals surface area contributed by atoms with E-state index in [-0.39, 0.29) is 37.9 Å². The molecule has 146 heavy (non-hydrogen) atoms. The quantitative estimate of drug-likeness (QED) is 0.149. The molecule has 5 nitrogen and oxygen atoms in total. The Bertz CT molecular complexity index is 11100. The summed E-state index contributed by atoms with van der Waals surface area (Å²) in [5, 5.41) is 24.3. The Kier molecular flexibility index (Phi) is 15.1. The van der Waals surface area contributed by atoms with Crippen molar-refractivity contribution in [1.29, 1.82) is 0 Å². The van der Waals surface area contributed by atoms with E-state index in [2.05, 4.69) is 472 Å². The number of para-hydroxylation sites is 5. The van der Waals surface area contributed by atoms with Crippen LogP contribution in [0.1, 0.15) is 175 Å². The zero-order valence-electron chi connectivity index (χ0n) is 84.3. The summed E-state index contributed by atoms with van der Waals surface area (Å²) in [6.45, 7) is 33.4. The summed E-state index contributed by atoms with van der Waals surface area (Å²) in [5.74, 6) is 0. The fourth-order valence-electron chi connectivity index (χ4n) is 31.2. The molecule has 0 amide bonds. The second-order valence-corrected chi connectivity index (χ2v) is 47.0. The SMILES string of the molecule is CC1(C)c2ccccc2-c2c1ccc1c2c2c3c(cc4c5ccccc5n1c42)C(C)(C)c1ccccc1-3.CC1(C)c2ccccc2-c2c1ccc1c2c2cc3c(c4c5ccccc5n1c24)-c1ccccc1C3(C)C.CC1(C)c2ccccc2-c2c1ccc1c2c2cc3c(c4c5ccccc5n1c24)C(C)(C)c1ccccc1-3.CC1(C)c2ccccc2-c2c1ccc1c2c2cccc3c4c5oc6ccccc6c5ccc4n1c23. The molecule has 9 heterocycles. The third kappa shape index (κ3) is 9.48. The van der Waals surface area contributed by atoms with Gasteiger partial charge in [-0.15, -0.1) is 0 Å². The van der Waals surface area contributed by atoms with Crippen LogP contribution in [0.25, 0.3) is 252 Å². The van der Waals surface area contributed by atoms with Crippen molar-refractivity contribution in [3.63, 3.8) is 0 Å². The van der Waals surface area contributed by atoms with Crippen LogP contribution in [0.5, 0.6) is 0 Å². The topological polar surface area (TPSA) is 30.8 Å². The molecule has 9 aromatic heterocycles. The van der Waals surface area contributed by atoms with Gasteiger partial charge in [0.1, 0.15) is 11.2 Å². The fraction of sp³-hybridized carbons (Fsp3) is 0.149. The molecule has 0 atom stereocenters. The molecular weight excluding hydrogens is 1770 g/mol. The first-order chi connectivity index (χ1) is 70.9. The van der Waals surface area contributed by atoms with Crippen LogP contribution in [-0.4, -0.2) is 17.6 Å². The molecule has 0 aliphatic heterocycles. The number of hydrogen-bond donors (Lipinski definition) is 0. The molecule has 0 fully saturated rings. The average molecular weight is 1870 g/mol. The Morgan fingerprint density at radius 2 is 0.452 bits per heavy atom. The van der Waals surface area contributed by atoms with E-state index in [0.717, 1.165) is 11.2 Å². The van der Waals surface area contributed by atoms with Crippen LogP contribution in [0.3, 0.4) is 0 Å². The average Bonchev–Trinajstić information content (AvgIpc) is 1.51. The molecule has 7 aliphatic rings. The number of nitrogens with zero attached hydrogens (tertiary/aromatic N) is 4. The van der Waals surface area contributed by atoms with Crippen molar-refractivity contribution in [2.24, 2.45) is 0 Å². The zero-order valence-corrected chi connectivity index (χ0v) is 84.3. The summed E-state index contributed by atoms with van der Waals surface area (Å²) < 4.78 is 16.6. The van der Waals surface area contributed by atoms with Gasteiger partial charge in [0.15, 0.2) is 0 Å². The minimum absolute atomic E-state index is 0.00534. The van der Waals surface area contributed by atoms with Gasteiger partial charge in [-0.1, -0.05) is 382 Å². The lowest BCUT2D eigenvalue weighted by atomic mass is 9.80. The van der Waals surface area contributed by atoms with Crippen LogP contribution in [-0.2, 0) is 37.9 Å². The summed E-state index contributed by atoms with van der Waals surface area (Å²) in [6, 6.07) is 137. The lowest BCUT2D eigenvalue weighted by Crippen LogP contribution is -2.15.